The van der Waals surface area contributed by atoms with Crippen LogP contribution in [-0.2, 0) is 31.0 Å². The van der Waals surface area contributed by atoms with E-state index in [1.165, 1.54) is 13.8 Å². The molecular formula is C4H7NO2Zr. The predicted molar refractivity (Wildman–Crippen MR) is 23.4 cm³/mol. The van der Waals surface area contributed by atoms with Crippen molar-refractivity contribution >= 4 is 5.91 Å². The molecule has 0 heterocycles. The van der Waals surface area contributed by atoms with E-state index >= 15 is 0 Å². The van der Waals surface area contributed by atoms with Crippen LogP contribution in [0.3, 0.4) is 0 Å². The van der Waals surface area contributed by atoms with Crippen molar-refractivity contribution in [2.24, 2.45) is 0 Å². The van der Waals surface area contributed by atoms with Gasteiger partial charge >= 0.3 is 26.2 Å². The number of carbonyl (C=O) groups excluding carboxylic acids is 1. The average Bonchev–Trinajstić information content (AvgIpc) is 1.31. The second-order valence-corrected chi connectivity index (χ2v) is 1.84. The van der Waals surface area contributed by atoms with Crippen molar-refractivity contribution in [1.29, 1.82) is 0 Å². The van der Waals surface area contributed by atoms with E-state index in [-0.39, 0.29) is 26.2 Å². The molecule has 0 bridgehead atoms. The van der Waals surface area contributed by atoms with Crippen LogP contribution in [0, 0.1) is 0 Å². The van der Waals surface area contributed by atoms with Crippen LogP contribution in [0.5, 0.6) is 0 Å². The first-order chi connectivity index (χ1) is 2.94. The molecule has 1 amide bonds. The monoisotopic (exact) mass is 191 g/mol. The SMILES string of the molecule is CC(C)([O-])C([NH-])=O.[Zr+2]. The van der Waals surface area contributed by atoms with Crippen LogP contribution in [0.25, 0.3) is 5.73 Å². The normalized spacial score (nSPS) is 9.88. The Morgan fingerprint density at radius 2 is 1.75 bits per heavy atom. The molecule has 0 unspecified atom stereocenters. The van der Waals surface area contributed by atoms with E-state index in [9.17, 15) is 9.90 Å². The summed E-state index contributed by atoms with van der Waals surface area (Å²) in [6.45, 7) is 2.34. The molecule has 8 heavy (non-hydrogen) atoms. The van der Waals surface area contributed by atoms with Gasteiger partial charge in [-0.1, -0.05) is 19.4 Å². The molecule has 0 aliphatic carbocycles. The standard InChI is InChI=1S/C4H8NO2.Zr/c1-4(2,7)3(5)6;/h1-2H3,(H2,5,6);/q-1;+2/p-1. The second kappa shape index (κ2) is 3.36. The Labute approximate surface area is 67.4 Å². The van der Waals surface area contributed by atoms with Gasteiger partial charge in [-0.05, 0) is 0 Å². The van der Waals surface area contributed by atoms with Crippen LogP contribution in [0.2, 0.25) is 0 Å². The Morgan fingerprint density at radius 3 is 1.75 bits per heavy atom. The van der Waals surface area contributed by atoms with E-state index in [0.717, 1.165) is 0 Å². The van der Waals surface area contributed by atoms with Crippen LogP contribution in [0.1, 0.15) is 13.8 Å². The maximum Gasteiger partial charge on any atom is 2.00 e. The Morgan fingerprint density at radius 1 is 1.62 bits per heavy atom. The summed E-state index contributed by atoms with van der Waals surface area (Å²) in [5, 5.41) is 10.3. The third-order valence-electron chi connectivity index (χ3n) is 0.547. The van der Waals surface area contributed by atoms with Crippen molar-refractivity contribution in [3.63, 3.8) is 0 Å². The zero-order chi connectivity index (χ0) is 6.08. The minimum Gasteiger partial charge on any atom is -0.845 e. The number of hydrogen-bond acceptors (Lipinski definition) is 2. The van der Waals surface area contributed by atoms with Crippen LogP contribution >= 0.6 is 0 Å². The van der Waals surface area contributed by atoms with Crippen molar-refractivity contribution < 1.29 is 36.1 Å². The molecule has 0 rings (SSSR count). The third-order valence-corrected chi connectivity index (χ3v) is 0.547. The van der Waals surface area contributed by atoms with Crippen molar-refractivity contribution in [3.05, 3.63) is 5.73 Å². The van der Waals surface area contributed by atoms with E-state index in [4.69, 9.17) is 5.73 Å². The van der Waals surface area contributed by atoms with Gasteiger partial charge in [-0.25, -0.2) is 0 Å². The Balaban J connectivity index is 0. The van der Waals surface area contributed by atoms with Gasteiger partial charge in [-0.3, -0.25) is 0 Å². The molecule has 0 radical (unpaired) electrons. The molecule has 0 saturated carbocycles. The first kappa shape index (κ1) is 11.2. The van der Waals surface area contributed by atoms with Crippen molar-refractivity contribution in [1.82, 2.24) is 0 Å². The van der Waals surface area contributed by atoms with Gasteiger partial charge in [0.05, 0.1) is 0 Å². The fraction of sp³-hybridized carbons (Fsp3) is 0.750. The van der Waals surface area contributed by atoms with Gasteiger partial charge in [-0.2, -0.15) is 0 Å². The van der Waals surface area contributed by atoms with E-state index in [2.05, 4.69) is 0 Å². The number of hydrogen-bond donors (Lipinski definition) is 0. The zero-order valence-corrected chi connectivity index (χ0v) is 7.27. The van der Waals surface area contributed by atoms with Crippen LogP contribution in [0.4, 0.5) is 0 Å². The Bertz CT molecular complexity index is 86.5. The summed E-state index contributed by atoms with van der Waals surface area (Å²) in [5.41, 5.74) is 4.56. The summed E-state index contributed by atoms with van der Waals surface area (Å²) in [7, 11) is 0. The van der Waals surface area contributed by atoms with Gasteiger partial charge < -0.3 is 15.6 Å². The minimum absolute atomic E-state index is 0. The van der Waals surface area contributed by atoms with Gasteiger partial charge in [0.2, 0.25) is 0 Å². The third kappa shape index (κ3) is 4.47. The van der Waals surface area contributed by atoms with Gasteiger partial charge in [0, 0.05) is 5.91 Å². The van der Waals surface area contributed by atoms with Crippen molar-refractivity contribution in [3.8, 4) is 0 Å². The largest absolute Gasteiger partial charge is 2.00 e. The second-order valence-electron chi connectivity index (χ2n) is 1.84. The topological polar surface area (TPSA) is 63.9 Å². The predicted octanol–water partition coefficient (Wildman–Crippen LogP) is -0.298. The molecule has 44 valence electrons. The Hall–Kier alpha value is 0.313. The van der Waals surface area contributed by atoms with E-state index in [0.29, 0.717) is 0 Å². The number of rotatable bonds is 1. The fourth-order valence-corrected chi connectivity index (χ4v) is 0. The quantitative estimate of drug-likeness (QED) is 0.572. The minimum atomic E-state index is -1.72. The van der Waals surface area contributed by atoms with E-state index in [1.807, 2.05) is 0 Å². The smallest absolute Gasteiger partial charge is 0.845 e. The van der Waals surface area contributed by atoms with E-state index < -0.39 is 11.5 Å². The van der Waals surface area contributed by atoms with Gasteiger partial charge in [0.1, 0.15) is 0 Å². The molecule has 1 N–H and O–H groups in total. The molecule has 0 aromatic rings. The number of carbonyl (C=O) groups is 1. The molecule has 4 heteroatoms. The van der Waals surface area contributed by atoms with Crippen LogP contribution < -0.4 is 5.11 Å². The molecule has 0 fully saturated rings. The average molecular weight is 192 g/mol. The molecule has 0 aliphatic heterocycles. The Kier molecular flexibility index (Phi) is 4.69. The maximum atomic E-state index is 10.3. The van der Waals surface area contributed by atoms with Crippen LogP contribution in [0.15, 0.2) is 0 Å². The fourth-order valence-electron chi connectivity index (χ4n) is 0. The van der Waals surface area contributed by atoms with Gasteiger partial charge in [-0.15, -0.1) is 0 Å². The van der Waals surface area contributed by atoms with Crippen molar-refractivity contribution in [2.45, 2.75) is 19.4 Å². The molecule has 0 aromatic heterocycles. The summed E-state index contributed by atoms with van der Waals surface area (Å²) in [6.07, 6.45) is 0. The van der Waals surface area contributed by atoms with Gasteiger partial charge in [0.15, 0.2) is 0 Å². The molecule has 0 saturated heterocycles. The number of nitrogens with one attached hydrogen (secondary N) is 1. The summed E-state index contributed by atoms with van der Waals surface area (Å²) in [5.74, 6) is -1.06. The summed E-state index contributed by atoms with van der Waals surface area (Å²) < 4.78 is 0. The zero-order valence-electron chi connectivity index (χ0n) is 4.82. The number of amides is 1. The molecule has 0 aliphatic rings. The summed E-state index contributed by atoms with van der Waals surface area (Å²) in [4.78, 5) is 9.82. The maximum absolute atomic E-state index is 10.3. The molecule has 0 spiro atoms. The summed E-state index contributed by atoms with van der Waals surface area (Å²) >= 11 is 0. The molecule has 0 atom stereocenters. The first-order valence-electron chi connectivity index (χ1n) is 1.91. The summed E-state index contributed by atoms with van der Waals surface area (Å²) in [6, 6.07) is 0. The molecule has 0 aromatic carbocycles. The molecular weight excluding hydrogens is 185 g/mol. The first-order valence-corrected chi connectivity index (χ1v) is 1.91. The van der Waals surface area contributed by atoms with Crippen molar-refractivity contribution in [2.75, 3.05) is 0 Å². The van der Waals surface area contributed by atoms with Crippen LogP contribution in [-0.4, -0.2) is 11.5 Å². The molecule has 3 nitrogen and oxygen atoms in total. The van der Waals surface area contributed by atoms with E-state index in [1.54, 1.807) is 0 Å². The van der Waals surface area contributed by atoms with Gasteiger partial charge in [0.25, 0.3) is 0 Å².